The lowest BCUT2D eigenvalue weighted by Crippen LogP contribution is -2.53. The summed E-state index contributed by atoms with van der Waals surface area (Å²) >= 11 is 0. The number of ether oxygens (including phenoxy) is 2. The van der Waals surface area contributed by atoms with Crippen LogP contribution in [0, 0.1) is 5.92 Å². The van der Waals surface area contributed by atoms with E-state index in [0.717, 1.165) is 31.5 Å². The zero-order valence-electron chi connectivity index (χ0n) is 16.1. The van der Waals surface area contributed by atoms with Gasteiger partial charge in [0.25, 0.3) is 0 Å². The van der Waals surface area contributed by atoms with E-state index >= 15 is 0 Å². The first-order valence-corrected chi connectivity index (χ1v) is 9.80. The first-order valence-electron chi connectivity index (χ1n) is 9.80. The van der Waals surface area contributed by atoms with E-state index < -0.39 is 0 Å². The van der Waals surface area contributed by atoms with Crippen molar-refractivity contribution >= 4 is 29.9 Å². The molecule has 154 valence electrons. The van der Waals surface area contributed by atoms with Gasteiger partial charge in [0.1, 0.15) is 13.2 Å². The van der Waals surface area contributed by atoms with Crippen LogP contribution in [-0.2, 0) is 9.59 Å². The molecule has 0 radical (unpaired) electrons. The molecule has 3 atom stereocenters. The zero-order chi connectivity index (χ0) is 19.0. The second-order valence-corrected chi connectivity index (χ2v) is 7.69. The number of carbonyl (C=O) groups excluding carboxylic acids is 2. The summed E-state index contributed by atoms with van der Waals surface area (Å²) in [6, 6.07) is 5.52. The number of benzene rings is 1. The largest absolute Gasteiger partial charge is 0.486 e. The fourth-order valence-corrected chi connectivity index (χ4v) is 4.33. The Hall–Kier alpha value is -1.99. The third-order valence-corrected chi connectivity index (χ3v) is 5.75. The number of nitrogens with zero attached hydrogens (tertiary/aromatic N) is 2. The molecule has 2 saturated heterocycles. The van der Waals surface area contributed by atoms with E-state index in [0.29, 0.717) is 31.3 Å². The van der Waals surface area contributed by atoms with Gasteiger partial charge in [0.15, 0.2) is 11.5 Å². The highest BCUT2D eigenvalue weighted by Crippen LogP contribution is 2.36. The Morgan fingerprint density at radius 3 is 2.71 bits per heavy atom. The van der Waals surface area contributed by atoms with Gasteiger partial charge in [-0.1, -0.05) is 0 Å². The summed E-state index contributed by atoms with van der Waals surface area (Å²) in [5.41, 5.74) is 6.86. The predicted molar refractivity (Wildman–Crippen MR) is 108 cm³/mol. The van der Waals surface area contributed by atoms with Crippen LogP contribution in [0.4, 0.5) is 5.69 Å². The number of rotatable bonds is 3. The molecule has 7 nitrogen and oxygen atoms in total. The molecule has 28 heavy (non-hydrogen) atoms. The van der Waals surface area contributed by atoms with Crippen molar-refractivity contribution in [2.24, 2.45) is 11.7 Å². The van der Waals surface area contributed by atoms with Gasteiger partial charge >= 0.3 is 0 Å². The summed E-state index contributed by atoms with van der Waals surface area (Å²) < 4.78 is 11.2. The number of likely N-dealkylation sites (tertiary alicyclic amines) is 1. The van der Waals surface area contributed by atoms with Crippen molar-refractivity contribution in [3.05, 3.63) is 18.2 Å². The summed E-state index contributed by atoms with van der Waals surface area (Å²) in [5.74, 6) is 1.06. The van der Waals surface area contributed by atoms with Crippen LogP contribution in [0.1, 0.15) is 32.6 Å². The molecule has 3 aliphatic heterocycles. The number of halogens is 1. The highest BCUT2D eigenvalue weighted by molar-refractivity contribution is 6.00. The van der Waals surface area contributed by atoms with Gasteiger partial charge in [-0.2, -0.15) is 0 Å². The molecule has 2 amide bonds. The van der Waals surface area contributed by atoms with Crippen molar-refractivity contribution in [2.45, 2.75) is 44.7 Å². The average Bonchev–Trinajstić information content (AvgIpc) is 3.08. The highest BCUT2D eigenvalue weighted by atomic mass is 35.5. The van der Waals surface area contributed by atoms with Crippen molar-refractivity contribution < 1.29 is 19.1 Å². The molecular formula is C20H28ClN3O4. The summed E-state index contributed by atoms with van der Waals surface area (Å²) in [7, 11) is 0. The number of hydrogen-bond donors (Lipinski definition) is 1. The SMILES string of the molecule is CC(N)C1CCCCN1C(=O)C1CC(=O)N(c2ccc3c(c2)OCCO3)C1.Cl. The molecule has 2 fully saturated rings. The van der Waals surface area contributed by atoms with Crippen LogP contribution in [-0.4, -0.2) is 55.1 Å². The minimum Gasteiger partial charge on any atom is -0.486 e. The van der Waals surface area contributed by atoms with Crippen molar-refractivity contribution in [3.63, 3.8) is 0 Å². The Balaban J connectivity index is 0.00000225. The molecule has 1 aromatic rings. The van der Waals surface area contributed by atoms with Crippen molar-refractivity contribution in [2.75, 3.05) is 31.2 Å². The van der Waals surface area contributed by atoms with Crippen molar-refractivity contribution in [1.82, 2.24) is 4.90 Å². The van der Waals surface area contributed by atoms with Gasteiger partial charge in [-0.3, -0.25) is 9.59 Å². The average molecular weight is 410 g/mol. The lowest BCUT2D eigenvalue weighted by atomic mass is 9.94. The van der Waals surface area contributed by atoms with Crippen LogP contribution in [0.3, 0.4) is 0 Å². The first kappa shape index (κ1) is 20.7. The summed E-state index contributed by atoms with van der Waals surface area (Å²) in [6.07, 6.45) is 3.29. The lowest BCUT2D eigenvalue weighted by Gasteiger charge is -2.39. The summed E-state index contributed by atoms with van der Waals surface area (Å²) in [6.45, 7) is 4.12. The van der Waals surface area contributed by atoms with Gasteiger partial charge in [-0.15, -0.1) is 12.4 Å². The minimum absolute atomic E-state index is 0. The molecule has 0 bridgehead atoms. The molecule has 8 heteroatoms. The fraction of sp³-hybridized carbons (Fsp3) is 0.600. The number of piperidine rings is 1. The molecule has 4 rings (SSSR count). The number of carbonyl (C=O) groups is 2. The molecule has 0 spiro atoms. The normalized spacial score (nSPS) is 25.3. The molecule has 0 saturated carbocycles. The number of fused-ring (bicyclic) bond motifs is 1. The maximum absolute atomic E-state index is 13.1. The first-order chi connectivity index (χ1) is 13.0. The molecule has 1 aromatic carbocycles. The molecule has 0 aromatic heterocycles. The Morgan fingerprint density at radius 2 is 1.96 bits per heavy atom. The van der Waals surface area contributed by atoms with E-state index in [1.54, 1.807) is 4.90 Å². The Bertz CT molecular complexity index is 742. The van der Waals surface area contributed by atoms with Gasteiger partial charge in [0.05, 0.1) is 5.92 Å². The fourth-order valence-electron chi connectivity index (χ4n) is 4.33. The van der Waals surface area contributed by atoms with Gasteiger partial charge in [0.2, 0.25) is 11.8 Å². The standard InChI is InChI=1S/C20H27N3O4.ClH/c1-13(21)16-4-2-3-7-22(16)20(25)14-10-19(24)23(12-14)15-5-6-17-18(11-15)27-9-8-26-17;/h5-6,11,13-14,16H,2-4,7-10,12,21H2,1H3;1H. The quantitative estimate of drug-likeness (QED) is 0.824. The van der Waals surface area contributed by atoms with Gasteiger partial charge < -0.3 is 25.0 Å². The number of nitrogens with two attached hydrogens (primary N) is 1. The van der Waals surface area contributed by atoms with E-state index in [-0.39, 0.29) is 48.6 Å². The Labute approximate surface area is 171 Å². The molecule has 3 heterocycles. The van der Waals surface area contributed by atoms with Gasteiger partial charge in [0, 0.05) is 43.3 Å². The summed E-state index contributed by atoms with van der Waals surface area (Å²) in [5, 5.41) is 0. The Morgan fingerprint density at radius 1 is 1.21 bits per heavy atom. The number of amides is 2. The third-order valence-electron chi connectivity index (χ3n) is 5.75. The Kier molecular flexibility index (Phi) is 6.35. The van der Waals surface area contributed by atoms with Crippen LogP contribution < -0.4 is 20.1 Å². The van der Waals surface area contributed by atoms with E-state index in [1.807, 2.05) is 30.0 Å². The second-order valence-electron chi connectivity index (χ2n) is 7.69. The number of anilines is 1. The van der Waals surface area contributed by atoms with Crippen LogP contribution >= 0.6 is 12.4 Å². The summed E-state index contributed by atoms with van der Waals surface area (Å²) in [4.78, 5) is 29.3. The number of hydrogen-bond acceptors (Lipinski definition) is 5. The second kappa shape index (κ2) is 8.57. The van der Waals surface area contributed by atoms with Crippen LogP contribution in [0.5, 0.6) is 11.5 Å². The predicted octanol–water partition coefficient (Wildman–Crippen LogP) is 1.96. The molecule has 3 unspecified atom stereocenters. The maximum atomic E-state index is 13.1. The van der Waals surface area contributed by atoms with Crippen molar-refractivity contribution in [1.29, 1.82) is 0 Å². The van der Waals surface area contributed by atoms with Crippen LogP contribution in [0.25, 0.3) is 0 Å². The van der Waals surface area contributed by atoms with E-state index in [1.165, 1.54) is 0 Å². The van der Waals surface area contributed by atoms with E-state index in [2.05, 4.69) is 0 Å². The molecular weight excluding hydrogens is 382 g/mol. The van der Waals surface area contributed by atoms with Crippen LogP contribution in [0.15, 0.2) is 18.2 Å². The molecule has 2 N–H and O–H groups in total. The third kappa shape index (κ3) is 3.91. The van der Waals surface area contributed by atoms with Crippen LogP contribution in [0.2, 0.25) is 0 Å². The van der Waals surface area contributed by atoms with E-state index in [4.69, 9.17) is 15.2 Å². The highest BCUT2D eigenvalue weighted by Gasteiger charge is 2.40. The molecule has 0 aliphatic carbocycles. The molecule has 3 aliphatic rings. The van der Waals surface area contributed by atoms with Crippen molar-refractivity contribution in [3.8, 4) is 11.5 Å². The lowest BCUT2D eigenvalue weighted by molar-refractivity contribution is -0.139. The maximum Gasteiger partial charge on any atom is 0.228 e. The minimum atomic E-state index is -0.315. The zero-order valence-corrected chi connectivity index (χ0v) is 17.0. The monoisotopic (exact) mass is 409 g/mol. The smallest absolute Gasteiger partial charge is 0.228 e. The van der Waals surface area contributed by atoms with Gasteiger partial charge in [-0.25, -0.2) is 0 Å². The van der Waals surface area contributed by atoms with E-state index in [9.17, 15) is 9.59 Å². The topological polar surface area (TPSA) is 85.1 Å². The van der Waals surface area contributed by atoms with Gasteiger partial charge in [-0.05, 0) is 38.3 Å².